The first-order valence-corrected chi connectivity index (χ1v) is 12.3. The third-order valence-electron chi connectivity index (χ3n) is 6.75. The number of pyridine rings is 1. The van der Waals surface area contributed by atoms with Gasteiger partial charge in [0.2, 0.25) is 11.9 Å². The lowest BCUT2D eigenvalue weighted by Gasteiger charge is -2.30. The van der Waals surface area contributed by atoms with E-state index in [9.17, 15) is 4.79 Å². The highest BCUT2D eigenvalue weighted by Crippen LogP contribution is 2.29. The van der Waals surface area contributed by atoms with Crippen LogP contribution in [0.1, 0.15) is 51.4 Å². The van der Waals surface area contributed by atoms with Crippen LogP contribution in [0.3, 0.4) is 0 Å². The third kappa shape index (κ3) is 5.45. The van der Waals surface area contributed by atoms with Crippen LogP contribution in [0.25, 0.3) is 22.3 Å². The minimum atomic E-state index is 0.106. The van der Waals surface area contributed by atoms with Crippen molar-refractivity contribution in [2.24, 2.45) is 0 Å². The number of nitrogens with one attached hydrogen (secondary N) is 4. The van der Waals surface area contributed by atoms with E-state index in [0.29, 0.717) is 23.7 Å². The molecule has 0 aromatic carbocycles. The van der Waals surface area contributed by atoms with Gasteiger partial charge in [-0.3, -0.25) is 4.79 Å². The Morgan fingerprint density at radius 2 is 1.85 bits per heavy atom. The lowest BCUT2D eigenvalue weighted by molar-refractivity contribution is -0.121. The van der Waals surface area contributed by atoms with E-state index in [1.807, 2.05) is 18.3 Å². The van der Waals surface area contributed by atoms with E-state index in [1.54, 1.807) is 12.3 Å². The largest absolute Gasteiger partial charge is 0.352 e. The number of carbonyl (C=O) groups is 1. The second kappa shape index (κ2) is 10.1. The van der Waals surface area contributed by atoms with Crippen LogP contribution >= 0.6 is 11.6 Å². The molecule has 1 amide bonds. The zero-order chi connectivity index (χ0) is 22.6. The van der Waals surface area contributed by atoms with Crippen molar-refractivity contribution in [2.75, 3.05) is 11.9 Å². The van der Waals surface area contributed by atoms with Crippen LogP contribution in [0.4, 0.5) is 5.95 Å². The highest BCUT2D eigenvalue weighted by Gasteiger charge is 2.24. The van der Waals surface area contributed by atoms with Gasteiger partial charge in [-0.25, -0.2) is 15.0 Å². The fourth-order valence-corrected chi connectivity index (χ4v) is 5.18. The van der Waals surface area contributed by atoms with Crippen LogP contribution < -0.4 is 16.0 Å². The topological polar surface area (TPSA) is 108 Å². The van der Waals surface area contributed by atoms with Gasteiger partial charge < -0.3 is 20.9 Å². The molecule has 0 radical (unpaired) electrons. The smallest absolute Gasteiger partial charge is 0.234 e. The van der Waals surface area contributed by atoms with Crippen molar-refractivity contribution < 1.29 is 4.79 Å². The fraction of sp³-hybridized carbons (Fsp3) is 0.500. The summed E-state index contributed by atoms with van der Waals surface area (Å²) in [4.78, 5) is 28.9. The Morgan fingerprint density at radius 1 is 1.06 bits per heavy atom. The Labute approximate surface area is 198 Å². The quantitative estimate of drug-likeness (QED) is 0.390. The molecule has 2 saturated carbocycles. The first-order valence-electron chi connectivity index (χ1n) is 11.9. The van der Waals surface area contributed by atoms with Crippen LogP contribution in [0.15, 0.2) is 30.6 Å². The van der Waals surface area contributed by atoms with Gasteiger partial charge in [0, 0.05) is 47.5 Å². The molecule has 9 heteroatoms. The van der Waals surface area contributed by atoms with Gasteiger partial charge >= 0.3 is 0 Å². The lowest BCUT2D eigenvalue weighted by Crippen LogP contribution is -2.45. The molecule has 2 aliphatic rings. The number of halogens is 1. The van der Waals surface area contributed by atoms with Crippen molar-refractivity contribution in [3.05, 3.63) is 35.7 Å². The molecule has 5 rings (SSSR count). The predicted octanol–water partition coefficient (Wildman–Crippen LogP) is 4.04. The Hall–Kier alpha value is -2.71. The maximum Gasteiger partial charge on any atom is 0.234 e. The van der Waals surface area contributed by atoms with Crippen molar-refractivity contribution in [3.63, 3.8) is 0 Å². The van der Waals surface area contributed by atoms with E-state index in [2.05, 4.69) is 30.9 Å². The minimum absolute atomic E-state index is 0.106. The number of nitrogens with zero attached hydrogens (tertiary/aromatic N) is 3. The molecular weight excluding hydrogens is 438 g/mol. The molecule has 0 spiro atoms. The fourth-order valence-electron chi connectivity index (χ4n) is 5.00. The van der Waals surface area contributed by atoms with Crippen LogP contribution in [0, 0.1) is 0 Å². The number of aromatic amines is 1. The molecule has 33 heavy (non-hydrogen) atoms. The summed E-state index contributed by atoms with van der Waals surface area (Å²) in [5.74, 6) is 0.637. The van der Waals surface area contributed by atoms with Crippen molar-refractivity contribution in [2.45, 2.75) is 69.5 Å². The number of rotatable bonds is 7. The van der Waals surface area contributed by atoms with Crippen LogP contribution in [0.2, 0.25) is 5.15 Å². The Kier molecular flexibility index (Phi) is 6.73. The third-order valence-corrected chi connectivity index (χ3v) is 6.95. The monoisotopic (exact) mass is 467 g/mol. The molecule has 2 aliphatic carbocycles. The van der Waals surface area contributed by atoms with Gasteiger partial charge in [0.1, 0.15) is 10.8 Å². The maximum absolute atomic E-state index is 12.3. The summed E-state index contributed by atoms with van der Waals surface area (Å²) in [7, 11) is 0. The number of hydrogen-bond donors (Lipinski definition) is 4. The number of hydrogen-bond acceptors (Lipinski definition) is 6. The molecule has 3 aromatic rings. The van der Waals surface area contributed by atoms with E-state index in [1.165, 1.54) is 25.7 Å². The molecule has 0 atom stereocenters. The number of aromatic nitrogens is 4. The number of carbonyl (C=O) groups excluding carboxylic acids is 1. The standard InChI is InChI=1S/C24H30ClN7O/c25-21-12-20(19-13-28-23-18(19)6-3-11-26-23)31-24(32-21)30-17-9-7-16(8-10-17)29-22(33)14-27-15-4-1-2-5-15/h3,6,11-13,15-17,27H,1-2,4-5,7-10,14H2,(H,26,28)(H,29,33)(H,30,31,32). The second-order valence-corrected chi connectivity index (χ2v) is 9.51. The molecule has 0 unspecified atom stereocenters. The SMILES string of the molecule is O=C(CNC1CCCC1)NC1CCC(Nc2nc(Cl)cc(-c3c[nH]c4ncccc34)n2)CC1. The molecule has 4 N–H and O–H groups in total. The summed E-state index contributed by atoms with van der Waals surface area (Å²) in [6.45, 7) is 0.422. The number of H-pyrrole nitrogens is 1. The zero-order valence-electron chi connectivity index (χ0n) is 18.6. The van der Waals surface area contributed by atoms with E-state index in [4.69, 9.17) is 16.6 Å². The molecule has 3 aromatic heterocycles. The van der Waals surface area contributed by atoms with Crippen LogP contribution in [-0.4, -0.2) is 50.5 Å². The highest BCUT2D eigenvalue weighted by atomic mass is 35.5. The van der Waals surface area contributed by atoms with Gasteiger partial charge in [-0.15, -0.1) is 0 Å². The molecule has 0 bridgehead atoms. The number of amides is 1. The maximum atomic E-state index is 12.3. The Bertz CT molecular complexity index is 1100. The lowest BCUT2D eigenvalue weighted by atomic mass is 9.91. The minimum Gasteiger partial charge on any atom is -0.352 e. The van der Waals surface area contributed by atoms with Crippen molar-refractivity contribution in [1.82, 2.24) is 30.6 Å². The molecule has 0 aliphatic heterocycles. The first-order chi connectivity index (χ1) is 16.1. The van der Waals surface area contributed by atoms with E-state index in [0.717, 1.165) is 48.0 Å². The molecule has 174 valence electrons. The average molecular weight is 468 g/mol. The highest BCUT2D eigenvalue weighted by molar-refractivity contribution is 6.29. The molecule has 2 fully saturated rings. The Morgan fingerprint density at radius 3 is 2.67 bits per heavy atom. The van der Waals surface area contributed by atoms with Gasteiger partial charge in [-0.05, 0) is 50.7 Å². The predicted molar refractivity (Wildman–Crippen MR) is 130 cm³/mol. The molecule has 3 heterocycles. The zero-order valence-corrected chi connectivity index (χ0v) is 19.4. The van der Waals surface area contributed by atoms with Gasteiger partial charge in [-0.2, -0.15) is 0 Å². The molecular formula is C24H30ClN7O. The second-order valence-electron chi connectivity index (χ2n) is 9.12. The van der Waals surface area contributed by atoms with E-state index < -0.39 is 0 Å². The average Bonchev–Trinajstić information content (AvgIpc) is 3.49. The summed E-state index contributed by atoms with van der Waals surface area (Å²) in [6, 6.07) is 6.69. The molecule has 0 saturated heterocycles. The van der Waals surface area contributed by atoms with Gasteiger partial charge in [0.05, 0.1) is 12.2 Å². The number of fused-ring (bicyclic) bond motifs is 1. The van der Waals surface area contributed by atoms with E-state index in [-0.39, 0.29) is 18.0 Å². The van der Waals surface area contributed by atoms with E-state index >= 15 is 0 Å². The van der Waals surface area contributed by atoms with Gasteiger partial charge in [0.15, 0.2) is 0 Å². The van der Waals surface area contributed by atoms with Crippen LogP contribution in [0.5, 0.6) is 0 Å². The summed E-state index contributed by atoms with van der Waals surface area (Å²) in [6.07, 6.45) is 12.3. The van der Waals surface area contributed by atoms with Crippen molar-refractivity contribution in [3.8, 4) is 11.3 Å². The first kappa shape index (κ1) is 22.1. The summed E-state index contributed by atoms with van der Waals surface area (Å²) < 4.78 is 0. The van der Waals surface area contributed by atoms with Crippen molar-refractivity contribution >= 4 is 34.5 Å². The normalized spacial score (nSPS) is 21.4. The summed E-state index contributed by atoms with van der Waals surface area (Å²) in [5.41, 5.74) is 2.52. The van der Waals surface area contributed by atoms with Gasteiger partial charge in [-0.1, -0.05) is 24.4 Å². The van der Waals surface area contributed by atoms with Gasteiger partial charge in [0.25, 0.3) is 0 Å². The summed E-state index contributed by atoms with van der Waals surface area (Å²) >= 11 is 6.32. The number of anilines is 1. The summed E-state index contributed by atoms with van der Waals surface area (Å²) in [5, 5.41) is 11.4. The molecule has 8 nitrogen and oxygen atoms in total. The Balaban J connectivity index is 1.15. The van der Waals surface area contributed by atoms with Crippen LogP contribution in [-0.2, 0) is 4.79 Å². The van der Waals surface area contributed by atoms with Crippen molar-refractivity contribution in [1.29, 1.82) is 0 Å².